The minimum Gasteiger partial charge on any atom is -0.352 e. The van der Waals surface area contributed by atoms with E-state index in [4.69, 9.17) is 17.3 Å². The molecule has 1 unspecified atom stereocenters. The third-order valence-corrected chi connectivity index (χ3v) is 4.71. The van der Waals surface area contributed by atoms with Crippen LogP contribution in [0.4, 0.5) is 0 Å². The minimum absolute atomic E-state index is 0.00732. The van der Waals surface area contributed by atoms with Gasteiger partial charge in [-0.2, -0.15) is 0 Å². The average molecular weight is 352 g/mol. The summed E-state index contributed by atoms with van der Waals surface area (Å²) in [5.41, 5.74) is 6.39. The predicted molar refractivity (Wildman–Crippen MR) is 95.9 cm³/mol. The van der Waals surface area contributed by atoms with Gasteiger partial charge in [0.05, 0.1) is 0 Å². The lowest BCUT2D eigenvalue weighted by molar-refractivity contribution is -0.124. The van der Waals surface area contributed by atoms with Crippen LogP contribution in [0.2, 0.25) is 5.02 Å². The van der Waals surface area contributed by atoms with Crippen molar-refractivity contribution in [2.45, 2.75) is 57.7 Å². The molecule has 1 aliphatic rings. The van der Waals surface area contributed by atoms with Crippen molar-refractivity contribution >= 4 is 23.4 Å². The quantitative estimate of drug-likeness (QED) is 0.762. The maximum absolute atomic E-state index is 12.6. The van der Waals surface area contributed by atoms with Gasteiger partial charge in [-0.15, -0.1) is 0 Å². The zero-order chi connectivity index (χ0) is 17.7. The molecule has 0 heterocycles. The molecule has 2 amide bonds. The van der Waals surface area contributed by atoms with E-state index in [1.54, 1.807) is 24.3 Å². The molecule has 5 nitrogen and oxygen atoms in total. The number of nitrogens with two attached hydrogens (primary N) is 1. The van der Waals surface area contributed by atoms with Crippen molar-refractivity contribution in [3.8, 4) is 0 Å². The molecule has 1 atom stereocenters. The Morgan fingerprint density at radius 1 is 1.12 bits per heavy atom. The Bertz CT molecular complexity index is 566. The molecule has 6 heteroatoms. The number of nitrogens with one attached hydrogen (secondary N) is 2. The molecule has 4 N–H and O–H groups in total. The molecule has 132 valence electrons. The van der Waals surface area contributed by atoms with Crippen molar-refractivity contribution in [2.75, 3.05) is 0 Å². The molecule has 1 aromatic rings. The number of rotatable bonds is 5. The summed E-state index contributed by atoms with van der Waals surface area (Å²) in [6.45, 7) is 3.84. The number of benzene rings is 1. The molecule has 0 radical (unpaired) electrons. The van der Waals surface area contributed by atoms with Gasteiger partial charge in [-0.05, 0) is 55.9 Å². The third kappa shape index (κ3) is 5.21. The molecule has 0 saturated heterocycles. The van der Waals surface area contributed by atoms with Crippen LogP contribution in [0, 0.1) is 5.92 Å². The van der Waals surface area contributed by atoms with Crippen LogP contribution >= 0.6 is 11.6 Å². The van der Waals surface area contributed by atoms with Gasteiger partial charge in [-0.25, -0.2) is 0 Å². The highest BCUT2D eigenvalue weighted by Crippen LogP contribution is 2.17. The van der Waals surface area contributed by atoms with E-state index in [2.05, 4.69) is 10.6 Å². The summed E-state index contributed by atoms with van der Waals surface area (Å²) >= 11 is 5.84. The van der Waals surface area contributed by atoms with E-state index < -0.39 is 6.04 Å². The number of hydrogen-bond acceptors (Lipinski definition) is 3. The van der Waals surface area contributed by atoms with E-state index in [0.717, 1.165) is 25.7 Å². The van der Waals surface area contributed by atoms with Gasteiger partial charge in [0.2, 0.25) is 5.91 Å². The largest absolute Gasteiger partial charge is 0.352 e. The number of hydrogen-bond donors (Lipinski definition) is 3. The van der Waals surface area contributed by atoms with Crippen LogP contribution in [0.1, 0.15) is 49.9 Å². The lowest BCUT2D eigenvalue weighted by atomic mass is 9.91. The standard InChI is InChI=1S/C18H26ClN3O2/c1-11(2)16(18(24)21-15-9-7-14(20)8-10-15)22-17(23)12-3-5-13(19)6-4-12/h3-6,11,14-16H,7-10,20H2,1-2H3,(H,21,24)(H,22,23). The highest BCUT2D eigenvalue weighted by atomic mass is 35.5. The highest BCUT2D eigenvalue weighted by Gasteiger charge is 2.28. The van der Waals surface area contributed by atoms with E-state index in [-0.39, 0.29) is 29.8 Å². The topological polar surface area (TPSA) is 84.2 Å². The Morgan fingerprint density at radius 2 is 1.71 bits per heavy atom. The van der Waals surface area contributed by atoms with Gasteiger partial charge in [0.15, 0.2) is 0 Å². The van der Waals surface area contributed by atoms with Crippen molar-refractivity contribution in [3.05, 3.63) is 34.9 Å². The maximum Gasteiger partial charge on any atom is 0.251 e. The normalized spacial score (nSPS) is 22.0. The summed E-state index contributed by atoms with van der Waals surface area (Å²) in [5.74, 6) is -0.411. The van der Waals surface area contributed by atoms with Crippen molar-refractivity contribution in [1.82, 2.24) is 10.6 Å². The molecule has 0 aliphatic heterocycles. The molecule has 0 spiro atoms. The Morgan fingerprint density at radius 3 is 2.25 bits per heavy atom. The second-order valence-electron chi connectivity index (χ2n) is 6.82. The van der Waals surface area contributed by atoms with E-state index in [0.29, 0.717) is 10.6 Å². The van der Waals surface area contributed by atoms with Crippen LogP contribution in [-0.4, -0.2) is 29.9 Å². The van der Waals surface area contributed by atoms with Crippen molar-refractivity contribution in [3.63, 3.8) is 0 Å². The first-order valence-electron chi connectivity index (χ1n) is 8.49. The van der Waals surface area contributed by atoms with Gasteiger partial charge >= 0.3 is 0 Å². The second kappa shape index (κ2) is 8.49. The molecule has 0 bridgehead atoms. The fourth-order valence-electron chi connectivity index (χ4n) is 2.92. The summed E-state index contributed by atoms with van der Waals surface area (Å²) in [7, 11) is 0. The Balaban J connectivity index is 1.96. The average Bonchev–Trinajstić information content (AvgIpc) is 2.54. The van der Waals surface area contributed by atoms with Gasteiger partial charge in [0, 0.05) is 22.7 Å². The lowest BCUT2D eigenvalue weighted by Gasteiger charge is -2.29. The van der Waals surface area contributed by atoms with E-state index in [1.807, 2.05) is 13.8 Å². The molecular weight excluding hydrogens is 326 g/mol. The lowest BCUT2D eigenvalue weighted by Crippen LogP contribution is -2.53. The zero-order valence-electron chi connectivity index (χ0n) is 14.2. The van der Waals surface area contributed by atoms with Crippen LogP contribution in [0.3, 0.4) is 0 Å². The van der Waals surface area contributed by atoms with Crippen LogP contribution < -0.4 is 16.4 Å². The van der Waals surface area contributed by atoms with Crippen LogP contribution in [0.5, 0.6) is 0 Å². The van der Waals surface area contributed by atoms with Gasteiger partial charge in [0.25, 0.3) is 5.91 Å². The van der Waals surface area contributed by atoms with Gasteiger partial charge in [-0.3, -0.25) is 9.59 Å². The third-order valence-electron chi connectivity index (χ3n) is 4.46. The van der Waals surface area contributed by atoms with Crippen molar-refractivity contribution < 1.29 is 9.59 Å². The Hall–Kier alpha value is -1.59. The van der Waals surface area contributed by atoms with Gasteiger partial charge in [-0.1, -0.05) is 25.4 Å². The molecule has 1 fully saturated rings. The first kappa shape index (κ1) is 18.7. The Kier molecular flexibility index (Phi) is 6.63. The highest BCUT2D eigenvalue weighted by molar-refractivity contribution is 6.30. The SMILES string of the molecule is CC(C)C(NC(=O)c1ccc(Cl)cc1)C(=O)NC1CCC(N)CC1. The molecule has 24 heavy (non-hydrogen) atoms. The minimum atomic E-state index is -0.566. The van der Waals surface area contributed by atoms with Crippen molar-refractivity contribution in [2.24, 2.45) is 11.7 Å². The summed E-state index contributed by atoms with van der Waals surface area (Å²) < 4.78 is 0. The molecular formula is C18H26ClN3O2. The monoisotopic (exact) mass is 351 g/mol. The number of amides is 2. The molecule has 0 aromatic heterocycles. The second-order valence-corrected chi connectivity index (χ2v) is 7.26. The van der Waals surface area contributed by atoms with Crippen LogP contribution in [-0.2, 0) is 4.79 Å². The number of halogens is 1. The molecule has 1 aromatic carbocycles. The van der Waals surface area contributed by atoms with E-state index >= 15 is 0 Å². The summed E-state index contributed by atoms with van der Waals surface area (Å²) in [5, 5.41) is 6.46. The smallest absolute Gasteiger partial charge is 0.251 e. The number of carbonyl (C=O) groups excluding carboxylic acids is 2. The molecule has 2 rings (SSSR count). The Labute approximate surface area is 148 Å². The summed E-state index contributed by atoms with van der Waals surface area (Å²) in [6, 6.07) is 6.43. The maximum atomic E-state index is 12.6. The van der Waals surface area contributed by atoms with Gasteiger partial charge in [0.1, 0.15) is 6.04 Å². The first-order valence-corrected chi connectivity index (χ1v) is 8.87. The molecule has 1 saturated carbocycles. The molecule has 1 aliphatic carbocycles. The fourth-order valence-corrected chi connectivity index (χ4v) is 3.04. The zero-order valence-corrected chi connectivity index (χ0v) is 15.0. The number of carbonyl (C=O) groups is 2. The summed E-state index contributed by atoms with van der Waals surface area (Å²) in [6.07, 6.45) is 3.63. The van der Waals surface area contributed by atoms with Gasteiger partial charge < -0.3 is 16.4 Å². The fraction of sp³-hybridized carbons (Fsp3) is 0.556. The van der Waals surface area contributed by atoms with E-state index in [9.17, 15) is 9.59 Å². The summed E-state index contributed by atoms with van der Waals surface area (Å²) in [4.78, 5) is 24.9. The first-order chi connectivity index (χ1) is 11.4. The van der Waals surface area contributed by atoms with Crippen molar-refractivity contribution in [1.29, 1.82) is 0 Å². The predicted octanol–water partition coefficient (Wildman–Crippen LogP) is 2.48. The van der Waals surface area contributed by atoms with Crippen LogP contribution in [0.15, 0.2) is 24.3 Å². The van der Waals surface area contributed by atoms with E-state index in [1.165, 1.54) is 0 Å². The van der Waals surface area contributed by atoms with Crippen LogP contribution in [0.25, 0.3) is 0 Å².